The Bertz CT molecular complexity index is 761. The summed E-state index contributed by atoms with van der Waals surface area (Å²) < 4.78 is 43.8. The number of nitrogens with one attached hydrogen (secondary N) is 1. The van der Waals surface area contributed by atoms with Gasteiger partial charge in [0, 0.05) is 6.04 Å². The zero-order chi connectivity index (χ0) is 18.7. The number of hydrogen-bond donors (Lipinski definition) is 2. The molecule has 2 aromatic rings. The molecule has 140 valence electrons. The van der Waals surface area contributed by atoms with Crippen molar-refractivity contribution in [3.05, 3.63) is 59.0 Å². The van der Waals surface area contributed by atoms with Crippen molar-refractivity contribution < 1.29 is 27.5 Å². The van der Waals surface area contributed by atoms with Crippen LogP contribution in [0.3, 0.4) is 0 Å². The Hall–Kier alpha value is -2.28. The third-order valence-electron chi connectivity index (χ3n) is 4.88. The highest BCUT2D eigenvalue weighted by atomic mass is 19.4. The Balaban J connectivity index is 1.52. The summed E-state index contributed by atoms with van der Waals surface area (Å²) in [5.41, 5.74) is 0.271. The summed E-state index contributed by atoms with van der Waals surface area (Å²) in [6.07, 6.45) is 0.242. The molecule has 1 aliphatic rings. The third-order valence-corrected chi connectivity index (χ3v) is 4.88. The second-order valence-corrected chi connectivity index (χ2v) is 6.66. The Morgan fingerprint density at radius 2 is 1.92 bits per heavy atom. The zero-order valence-corrected chi connectivity index (χ0v) is 14.1. The van der Waals surface area contributed by atoms with Crippen LogP contribution in [-0.2, 0) is 12.7 Å². The lowest BCUT2D eigenvalue weighted by Crippen LogP contribution is -2.32. The quantitative estimate of drug-likeness (QED) is 0.796. The van der Waals surface area contributed by atoms with Crippen molar-refractivity contribution in [2.24, 2.45) is 0 Å². The summed E-state index contributed by atoms with van der Waals surface area (Å²) >= 11 is 0. The van der Waals surface area contributed by atoms with Gasteiger partial charge in [0.1, 0.15) is 12.0 Å². The fourth-order valence-corrected chi connectivity index (χ4v) is 3.43. The molecule has 4 nitrogen and oxygen atoms in total. The first-order chi connectivity index (χ1) is 12.3. The summed E-state index contributed by atoms with van der Waals surface area (Å²) in [5, 5.41) is 12.2. The molecule has 0 bridgehead atoms. The smallest absolute Gasteiger partial charge is 0.416 e. The molecule has 1 heterocycles. The van der Waals surface area contributed by atoms with Gasteiger partial charge in [-0.15, -0.1) is 0 Å². The van der Waals surface area contributed by atoms with Gasteiger partial charge in [0.15, 0.2) is 0 Å². The van der Waals surface area contributed by atoms with E-state index in [1.807, 2.05) is 0 Å². The Morgan fingerprint density at radius 3 is 2.54 bits per heavy atom. The largest absolute Gasteiger partial charge is 0.478 e. The number of carboxylic acid groups (broad SMARTS) is 1. The van der Waals surface area contributed by atoms with Gasteiger partial charge in [-0.3, -0.25) is 0 Å². The second kappa shape index (κ2) is 7.53. The predicted molar refractivity (Wildman–Crippen MR) is 88.9 cm³/mol. The van der Waals surface area contributed by atoms with E-state index in [0.717, 1.165) is 37.3 Å². The van der Waals surface area contributed by atoms with Crippen LogP contribution in [0.4, 0.5) is 13.2 Å². The van der Waals surface area contributed by atoms with Crippen LogP contribution in [0.2, 0.25) is 0 Å². The third kappa shape index (κ3) is 4.46. The van der Waals surface area contributed by atoms with Crippen LogP contribution in [0.15, 0.2) is 41.0 Å². The average Bonchev–Trinajstić information content (AvgIpc) is 3.09. The van der Waals surface area contributed by atoms with Crippen molar-refractivity contribution in [2.75, 3.05) is 0 Å². The molecule has 1 aliphatic carbocycles. The summed E-state index contributed by atoms with van der Waals surface area (Å²) in [6, 6.07) is 7.34. The molecule has 0 amide bonds. The Morgan fingerprint density at radius 1 is 1.19 bits per heavy atom. The minimum absolute atomic E-state index is 0.120. The number of carboxylic acids is 1. The first-order valence-electron chi connectivity index (χ1n) is 8.54. The van der Waals surface area contributed by atoms with Gasteiger partial charge in [0.2, 0.25) is 0 Å². The molecule has 0 radical (unpaired) electrons. The molecule has 7 heteroatoms. The lowest BCUT2D eigenvalue weighted by Gasteiger charge is -2.29. The summed E-state index contributed by atoms with van der Waals surface area (Å²) in [4.78, 5) is 10.8. The maximum absolute atomic E-state index is 12.9. The number of hydrogen-bond acceptors (Lipinski definition) is 3. The van der Waals surface area contributed by atoms with E-state index in [-0.39, 0.29) is 17.5 Å². The standard InChI is InChI=1S/C19H20F3NO3/c20-19(21,22)15-3-1-2-13(8-15)12-4-6-16(7-5-12)23-10-17-9-14(11-26-17)18(24)25/h1-3,8-9,11-12,16,23H,4-7,10H2,(H,24,25). The lowest BCUT2D eigenvalue weighted by molar-refractivity contribution is -0.137. The number of carbonyl (C=O) groups is 1. The van der Waals surface area contributed by atoms with Crippen molar-refractivity contribution in [1.82, 2.24) is 5.32 Å². The van der Waals surface area contributed by atoms with Crippen LogP contribution in [0.25, 0.3) is 0 Å². The maximum atomic E-state index is 12.9. The molecule has 1 saturated carbocycles. The number of benzene rings is 1. The number of halogens is 3. The minimum Gasteiger partial charge on any atom is -0.478 e. The van der Waals surface area contributed by atoms with Gasteiger partial charge in [0.05, 0.1) is 17.7 Å². The topological polar surface area (TPSA) is 62.5 Å². The van der Waals surface area contributed by atoms with Gasteiger partial charge in [-0.1, -0.05) is 18.2 Å². The molecule has 2 N–H and O–H groups in total. The fraction of sp³-hybridized carbons (Fsp3) is 0.421. The molecule has 1 aromatic carbocycles. The lowest BCUT2D eigenvalue weighted by atomic mass is 9.81. The van der Waals surface area contributed by atoms with Gasteiger partial charge in [-0.2, -0.15) is 13.2 Å². The Kier molecular flexibility index (Phi) is 5.36. The number of furan rings is 1. The summed E-state index contributed by atoms with van der Waals surface area (Å²) in [5.74, 6) is -0.332. The van der Waals surface area contributed by atoms with Crippen LogP contribution >= 0.6 is 0 Å². The number of aromatic carboxylic acids is 1. The zero-order valence-electron chi connectivity index (χ0n) is 14.1. The number of rotatable bonds is 5. The first-order valence-corrected chi connectivity index (χ1v) is 8.54. The monoisotopic (exact) mass is 367 g/mol. The van der Waals surface area contributed by atoms with Crippen molar-refractivity contribution in [1.29, 1.82) is 0 Å². The van der Waals surface area contributed by atoms with Crippen LogP contribution < -0.4 is 5.32 Å². The van der Waals surface area contributed by atoms with E-state index in [4.69, 9.17) is 9.52 Å². The molecule has 3 rings (SSSR count). The van der Waals surface area contributed by atoms with E-state index >= 15 is 0 Å². The van der Waals surface area contributed by atoms with E-state index in [0.29, 0.717) is 12.3 Å². The van der Waals surface area contributed by atoms with Gasteiger partial charge in [-0.25, -0.2) is 4.79 Å². The van der Waals surface area contributed by atoms with Crippen LogP contribution in [0.5, 0.6) is 0 Å². The number of alkyl halides is 3. The van der Waals surface area contributed by atoms with Gasteiger partial charge < -0.3 is 14.8 Å². The minimum atomic E-state index is -4.31. The summed E-state index contributed by atoms with van der Waals surface area (Å²) in [6.45, 7) is 0.437. The molecule has 0 spiro atoms. The first kappa shape index (κ1) is 18.5. The molecule has 0 saturated heterocycles. The molecule has 0 unspecified atom stereocenters. The van der Waals surface area contributed by atoms with E-state index < -0.39 is 17.7 Å². The van der Waals surface area contributed by atoms with Crippen LogP contribution in [0, 0.1) is 0 Å². The van der Waals surface area contributed by atoms with Crippen LogP contribution in [0.1, 0.15) is 58.8 Å². The van der Waals surface area contributed by atoms with Crippen molar-refractivity contribution in [3.63, 3.8) is 0 Å². The highest BCUT2D eigenvalue weighted by Crippen LogP contribution is 2.36. The second-order valence-electron chi connectivity index (χ2n) is 6.66. The van der Waals surface area contributed by atoms with Gasteiger partial charge in [-0.05, 0) is 49.3 Å². The van der Waals surface area contributed by atoms with Gasteiger partial charge >= 0.3 is 12.1 Å². The molecular weight excluding hydrogens is 347 g/mol. The van der Waals surface area contributed by atoms with E-state index in [9.17, 15) is 18.0 Å². The predicted octanol–water partition coefficient (Wildman–Crippen LogP) is 4.81. The SMILES string of the molecule is O=C(O)c1coc(CNC2CCC(c3cccc(C(F)(F)F)c3)CC2)c1. The fourth-order valence-electron chi connectivity index (χ4n) is 3.43. The van der Waals surface area contributed by atoms with Crippen LogP contribution in [-0.4, -0.2) is 17.1 Å². The molecule has 0 atom stereocenters. The molecule has 1 aromatic heterocycles. The molecular formula is C19H20F3NO3. The van der Waals surface area contributed by atoms with E-state index in [2.05, 4.69) is 5.32 Å². The van der Waals surface area contributed by atoms with Crippen molar-refractivity contribution in [3.8, 4) is 0 Å². The maximum Gasteiger partial charge on any atom is 0.416 e. The van der Waals surface area contributed by atoms with Gasteiger partial charge in [0.25, 0.3) is 0 Å². The average molecular weight is 367 g/mol. The molecule has 26 heavy (non-hydrogen) atoms. The normalized spacial score (nSPS) is 20.9. The van der Waals surface area contributed by atoms with E-state index in [1.165, 1.54) is 24.5 Å². The Labute approximate surface area is 149 Å². The highest BCUT2D eigenvalue weighted by Gasteiger charge is 2.31. The molecule has 0 aliphatic heterocycles. The van der Waals surface area contributed by atoms with Crippen molar-refractivity contribution in [2.45, 2.75) is 50.4 Å². The summed E-state index contributed by atoms with van der Waals surface area (Å²) in [7, 11) is 0. The van der Waals surface area contributed by atoms with E-state index in [1.54, 1.807) is 6.07 Å². The molecule has 1 fully saturated rings. The van der Waals surface area contributed by atoms with Crippen molar-refractivity contribution >= 4 is 5.97 Å². The highest BCUT2D eigenvalue weighted by molar-refractivity contribution is 5.87.